The van der Waals surface area contributed by atoms with Gasteiger partial charge in [0.25, 0.3) is 0 Å². The van der Waals surface area contributed by atoms with Crippen LogP contribution < -0.4 is 4.74 Å². The van der Waals surface area contributed by atoms with Gasteiger partial charge in [0.1, 0.15) is 4.60 Å². The van der Waals surface area contributed by atoms with Crippen molar-refractivity contribution in [3.63, 3.8) is 0 Å². The molecule has 1 aromatic heterocycles. The van der Waals surface area contributed by atoms with Crippen molar-refractivity contribution in [2.45, 2.75) is 12.8 Å². The molecule has 4 heteroatoms. The van der Waals surface area contributed by atoms with E-state index in [0.29, 0.717) is 5.88 Å². The molecule has 12 heavy (non-hydrogen) atoms. The summed E-state index contributed by atoms with van der Waals surface area (Å²) in [6, 6.07) is 0. The van der Waals surface area contributed by atoms with Gasteiger partial charge in [0.2, 0.25) is 5.88 Å². The zero-order valence-corrected chi connectivity index (χ0v) is 8.12. The first-order valence-electron chi connectivity index (χ1n) is 3.95. The minimum absolute atomic E-state index is 0.616. The summed E-state index contributed by atoms with van der Waals surface area (Å²) in [5.41, 5.74) is 0. The number of nitrogens with zero attached hydrogens (tertiary/aromatic N) is 2. The lowest BCUT2D eigenvalue weighted by Crippen LogP contribution is -2.00. The molecule has 2 rings (SSSR count). The van der Waals surface area contributed by atoms with Crippen molar-refractivity contribution in [3.05, 3.63) is 17.0 Å². The summed E-state index contributed by atoms with van der Waals surface area (Å²) >= 11 is 3.21. The van der Waals surface area contributed by atoms with E-state index < -0.39 is 0 Å². The maximum atomic E-state index is 5.39. The molecule has 0 atom stereocenters. The van der Waals surface area contributed by atoms with Crippen LogP contribution >= 0.6 is 15.9 Å². The first kappa shape index (κ1) is 7.98. The van der Waals surface area contributed by atoms with E-state index in [9.17, 15) is 0 Å². The number of ether oxygens (including phenoxy) is 1. The summed E-state index contributed by atoms with van der Waals surface area (Å²) in [4.78, 5) is 8.05. The molecule has 1 fully saturated rings. The molecule has 1 aliphatic rings. The quantitative estimate of drug-likeness (QED) is 0.795. The lowest BCUT2D eigenvalue weighted by Gasteiger charge is -2.01. The van der Waals surface area contributed by atoms with Crippen molar-refractivity contribution in [3.8, 4) is 5.88 Å². The van der Waals surface area contributed by atoms with E-state index in [1.54, 1.807) is 12.4 Å². The summed E-state index contributed by atoms with van der Waals surface area (Å²) in [6.45, 7) is 0.788. The van der Waals surface area contributed by atoms with Gasteiger partial charge in [0.05, 0.1) is 19.0 Å². The van der Waals surface area contributed by atoms with E-state index in [0.717, 1.165) is 17.1 Å². The molecule has 0 bridgehead atoms. The van der Waals surface area contributed by atoms with E-state index in [-0.39, 0.29) is 0 Å². The van der Waals surface area contributed by atoms with Crippen LogP contribution in [-0.4, -0.2) is 16.6 Å². The standard InChI is InChI=1S/C8H9BrN2O/c9-7-3-11-8(4-10-7)12-5-6-1-2-6/h3-4,6H,1-2,5H2. The molecular weight excluding hydrogens is 220 g/mol. The van der Waals surface area contributed by atoms with Crippen LogP contribution in [0.25, 0.3) is 0 Å². The highest BCUT2D eigenvalue weighted by atomic mass is 79.9. The Kier molecular flexibility index (Phi) is 2.26. The van der Waals surface area contributed by atoms with Gasteiger partial charge in [-0.1, -0.05) is 0 Å². The van der Waals surface area contributed by atoms with Gasteiger partial charge < -0.3 is 4.74 Å². The van der Waals surface area contributed by atoms with Crippen LogP contribution in [0.2, 0.25) is 0 Å². The SMILES string of the molecule is Brc1cnc(OCC2CC2)cn1. The van der Waals surface area contributed by atoms with E-state index in [4.69, 9.17) is 4.74 Å². The van der Waals surface area contributed by atoms with Crippen molar-refractivity contribution < 1.29 is 4.74 Å². The highest BCUT2D eigenvalue weighted by Crippen LogP contribution is 2.29. The molecule has 0 N–H and O–H groups in total. The monoisotopic (exact) mass is 228 g/mol. The van der Waals surface area contributed by atoms with E-state index in [1.807, 2.05) is 0 Å². The van der Waals surface area contributed by atoms with Crippen LogP contribution in [0.3, 0.4) is 0 Å². The average Bonchev–Trinajstić information content (AvgIpc) is 2.87. The molecule has 3 nitrogen and oxygen atoms in total. The number of rotatable bonds is 3. The fourth-order valence-corrected chi connectivity index (χ4v) is 1.07. The first-order chi connectivity index (χ1) is 5.84. The lowest BCUT2D eigenvalue weighted by molar-refractivity contribution is 0.287. The topological polar surface area (TPSA) is 35.0 Å². The van der Waals surface area contributed by atoms with Crippen molar-refractivity contribution in [1.82, 2.24) is 9.97 Å². The molecule has 0 saturated heterocycles. The molecule has 0 aromatic carbocycles. The van der Waals surface area contributed by atoms with Crippen LogP contribution in [0.1, 0.15) is 12.8 Å². The predicted octanol–water partition coefficient (Wildman–Crippen LogP) is 2.03. The van der Waals surface area contributed by atoms with Crippen LogP contribution in [-0.2, 0) is 0 Å². The minimum atomic E-state index is 0.616. The van der Waals surface area contributed by atoms with Crippen molar-refractivity contribution in [2.75, 3.05) is 6.61 Å². The van der Waals surface area contributed by atoms with Crippen molar-refractivity contribution in [1.29, 1.82) is 0 Å². The highest BCUT2D eigenvalue weighted by molar-refractivity contribution is 9.10. The van der Waals surface area contributed by atoms with Gasteiger partial charge in [-0.2, -0.15) is 0 Å². The Morgan fingerprint density at radius 3 is 2.83 bits per heavy atom. The molecule has 64 valence electrons. The van der Waals surface area contributed by atoms with Gasteiger partial charge in [-0.15, -0.1) is 0 Å². The maximum Gasteiger partial charge on any atom is 0.232 e. The zero-order chi connectivity index (χ0) is 8.39. The number of aromatic nitrogens is 2. The largest absolute Gasteiger partial charge is 0.476 e. The third-order valence-electron chi connectivity index (χ3n) is 1.76. The Hall–Kier alpha value is -0.640. The summed E-state index contributed by atoms with van der Waals surface area (Å²) < 4.78 is 6.13. The predicted molar refractivity (Wildman–Crippen MR) is 48.0 cm³/mol. The van der Waals surface area contributed by atoms with Crippen molar-refractivity contribution >= 4 is 15.9 Å². The summed E-state index contributed by atoms with van der Waals surface area (Å²) in [7, 11) is 0. The Morgan fingerprint density at radius 1 is 1.42 bits per heavy atom. The van der Waals surface area contributed by atoms with Crippen LogP contribution in [0.4, 0.5) is 0 Å². The van der Waals surface area contributed by atoms with Gasteiger partial charge >= 0.3 is 0 Å². The van der Waals surface area contributed by atoms with Gasteiger partial charge in [-0.3, -0.25) is 0 Å². The van der Waals surface area contributed by atoms with Crippen LogP contribution in [0.15, 0.2) is 17.0 Å². The molecule has 0 radical (unpaired) electrons. The van der Waals surface area contributed by atoms with E-state index >= 15 is 0 Å². The summed E-state index contributed by atoms with van der Waals surface area (Å²) in [6.07, 6.45) is 5.86. The molecule has 1 saturated carbocycles. The molecule has 1 aromatic rings. The molecule has 0 unspecified atom stereocenters. The third-order valence-corrected chi connectivity index (χ3v) is 2.17. The van der Waals surface area contributed by atoms with Gasteiger partial charge in [-0.25, -0.2) is 9.97 Å². The Labute approximate surface area is 79.3 Å². The second kappa shape index (κ2) is 3.39. The second-order valence-electron chi connectivity index (χ2n) is 2.93. The highest BCUT2D eigenvalue weighted by Gasteiger charge is 2.21. The smallest absolute Gasteiger partial charge is 0.232 e. The normalized spacial score (nSPS) is 16.1. The minimum Gasteiger partial charge on any atom is -0.476 e. The fourth-order valence-electron chi connectivity index (χ4n) is 0.863. The lowest BCUT2D eigenvalue weighted by atomic mass is 10.5. The maximum absolute atomic E-state index is 5.39. The van der Waals surface area contributed by atoms with Gasteiger partial charge in [0.15, 0.2) is 0 Å². The first-order valence-corrected chi connectivity index (χ1v) is 4.74. The zero-order valence-electron chi connectivity index (χ0n) is 6.53. The molecular formula is C8H9BrN2O. The summed E-state index contributed by atoms with van der Waals surface area (Å²) in [5, 5.41) is 0. The second-order valence-corrected chi connectivity index (χ2v) is 3.74. The molecule has 1 heterocycles. The van der Waals surface area contributed by atoms with Crippen LogP contribution in [0, 0.1) is 5.92 Å². The van der Waals surface area contributed by atoms with Gasteiger partial charge in [-0.05, 0) is 34.7 Å². The van der Waals surface area contributed by atoms with E-state index in [2.05, 4.69) is 25.9 Å². The van der Waals surface area contributed by atoms with E-state index in [1.165, 1.54) is 12.8 Å². The Balaban J connectivity index is 1.89. The number of hydrogen-bond donors (Lipinski definition) is 0. The number of hydrogen-bond acceptors (Lipinski definition) is 3. The Morgan fingerprint density at radius 2 is 2.25 bits per heavy atom. The van der Waals surface area contributed by atoms with Crippen molar-refractivity contribution in [2.24, 2.45) is 5.92 Å². The summed E-state index contributed by atoms with van der Waals surface area (Å²) in [5.74, 6) is 1.38. The fraction of sp³-hybridized carbons (Fsp3) is 0.500. The molecule has 0 amide bonds. The van der Waals surface area contributed by atoms with Gasteiger partial charge in [0, 0.05) is 0 Å². The number of halogens is 1. The molecule has 1 aliphatic carbocycles. The Bertz CT molecular complexity index is 258. The van der Waals surface area contributed by atoms with Crippen LogP contribution in [0.5, 0.6) is 5.88 Å². The third kappa shape index (κ3) is 2.17. The molecule has 0 spiro atoms. The average molecular weight is 229 g/mol. The molecule has 0 aliphatic heterocycles.